The fraction of sp³-hybridized carbons (Fsp3) is 0.250. The van der Waals surface area contributed by atoms with Crippen LogP contribution >= 0.6 is 0 Å². The Morgan fingerprint density at radius 1 is 1.10 bits per heavy atom. The molecule has 2 aromatic rings. The number of benzene rings is 1. The molecule has 3 rings (SSSR count). The van der Waals surface area contributed by atoms with Gasteiger partial charge in [0.05, 0.1) is 16.8 Å². The van der Waals surface area contributed by atoms with E-state index in [2.05, 4.69) is 15.5 Å². The van der Waals surface area contributed by atoms with E-state index in [1.54, 1.807) is 0 Å². The fourth-order valence-electron chi connectivity index (χ4n) is 1.95. The Bertz CT molecular complexity index is 673. The number of carboxylic acids is 2. The molecule has 0 bridgehead atoms. The van der Waals surface area contributed by atoms with Crippen molar-refractivity contribution >= 4 is 11.9 Å². The van der Waals surface area contributed by atoms with Crippen LogP contribution in [0.15, 0.2) is 18.2 Å². The predicted molar refractivity (Wildman–Crippen MR) is 65.0 cm³/mol. The zero-order valence-corrected chi connectivity index (χ0v) is 10.2. The molecule has 1 aliphatic carbocycles. The second kappa shape index (κ2) is 4.41. The van der Waals surface area contributed by atoms with Crippen LogP contribution in [0.2, 0.25) is 0 Å². The molecule has 0 aliphatic heterocycles. The van der Waals surface area contributed by atoms with Crippen molar-refractivity contribution in [2.45, 2.75) is 18.8 Å². The summed E-state index contributed by atoms with van der Waals surface area (Å²) in [4.78, 5) is 22.1. The largest absolute Gasteiger partial charge is 0.478 e. The number of tetrazole rings is 1. The van der Waals surface area contributed by atoms with Crippen molar-refractivity contribution in [3.8, 4) is 5.69 Å². The monoisotopic (exact) mass is 274 g/mol. The van der Waals surface area contributed by atoms with Gasteiger partial charge in [0.25, 0.3) is 0 Å². The van der Waals surface area contributed by atoms with Crippen LogP contribution in [0.1, 0.15) is 45.3 Å². The van der Waals surface area contributed by atoms with Gasteiger partial charge in [-0.25, -0.2) is 9.59 Å². The molecule has 8 nitrogen and oxygen atoms in total. The highest BCUT2D eigenvalue weighted by Crippen LogP contribution is 2.39. The van der Waals surface area contributed by atoms with Gasteiger partial charge in [-0.3, -0.25) is 0 Å². The third-order valence-electron chi connectivity index (χ3n) is 3.09. The van der Waals surface area contributed by atoms with Crippen LogP contribution in [0.3, 0.4) is 0 Å². The second-order valence-corrected chi connectivity index (χ2v) is 4.60. The molecule has 1 heterocycles. The number of carbonyl (C=O) groups is 2. The van der Waals surface area contributed by atoms with Gasteiger partial charge < -0.3 is 10.2 Å². The van der Waals surface area contributed by atoms with Gasteiger partial charge in [0.2, 0.25) is 0 Å². The Morgan fingerprint density at radius 3 is 2.20 bits per heavy atom. The molecular weight excluding hydrogens is 264 g/mol. The minimum absolute atomic E-state index is 0.114. The molecule has 0 saturated heterocycles. The molecule has 20 heavy (non-hydrogen) atoms. The molecule has 1 aliphatic rings. The highest BCUT2D eigenvalue weighted by atomic mass is 16.4. The van der Waals surface area contributed by atoms with Crippen molar-refractivity contribution in [3.05, 3.63) is 35.2 Å². The van der Waals surface area contributed by atoms with E-state index in [0.717, 1.165) is 18.9 Å². The first-order valence-corrected chi connectivity index (χ1v) is 5.96. The maximum atomic E-state index is 11.1. The van der Waals surface area contributed by atoms with Crippen LogP contribution in [0.5, 0.6) is 0 Å². The van der Waals surface area contributed by atoms with Gasteiger partial charge in [0.1, 0.15) is 0 Å². The Hall–Kier alpha value is -2.77. The van der Waals surface area contributed by atoms with E-state index in [4.69, 9.17) is 10.2 Å². The average Bonchev–Trinajstić information content (AvgIpc) is 3.15. The normalized spacial score (nSPS) is 14.2. The van der Waals surface area contributed by atoms with E-state index in [9.17, 15) is 9.59 Å². The molecule has 1 aromatic heterocycles. The van der Waals surface area contributed by atoms with Gasteiger partial charge in [-0.2, -0.15) is 4.68 Å². The zero-order chi connectivity index (χ0) is 14.3. The van der Waals surface area contributed by atoms with Crippen LogP contribution in [0, 0.1) is 0 Å². The highest BCUT2D eigenvalue weighted by molar-refractivity contribution is 5.94. The number of nitrogens with zero attached hydrogens (tertiary/aromatic N) is 4. The van der Waals surface area contributed by atoms with E-state index >= 15 is 0 Å². The lowest BCUT2D eigenvalue weighted by atomic mass is 10.1. The zero-order valence-electron chi connectivity index (χ0n) is 10.2. The molecule has 0 amide bonds. The Kier molecular flexibility index (Phi) is 2.70. The smallest absolute Gasteiger partial charge is 0.335 e. The number of hydrogen-bond donors (Lipinski definition) is 2. The summed E-state index contributed by atoms with van der Waals surface area (Å²) in [6, 6.07) is 3.82. The lowest BCUT2D eigenvalue weighted by Gasteiger charge is -2.06. The number of carboxylic acid groups (broad SMARTS) is 2. The maximum Gasteiger partial charge on any atom is 0.335 e. The van der Waals surface area contributed by atoms with Gasteiger partial charge in [-0.05, 0) is 41.5 Å². The molecule has 2 N–H and O–H groups in total. The summed E-state index contributed by atoms with van der Waals surface area (Å²) in [5.41, 5.74) is 0.114. The number of hydrogen-bond acceptors (Lipinski definition) is 5. The van der Waals surface area contributed by atoms with Crippen molar-refractivity contribution in [1.29, 1.82) is 0 Å². The third kappa shape index (κ3) is 2.11. The number of rotatable bonds is 4. The summed E-state index contributed by atoms with van der Waals surface area (Å²) >= 11 is 0. The summed E-state index contributed by atoms with van der Waals surface area (Å²) in [7, 11) is 0. The van der Waals surface area contributed by atoms with Gasteiger partial charge in [-0.1, -0.05) is 0 Å². The summed E-state index contributed by atoms with van der Waals surface area (Å²) in [6.07, 6.45) is 1.95. The van der Waals surface area contributed by atoms with E-state index in [1.807, 2.05) is 0 Å². The van der Waals surface area contributed by atoms with Gasteiger partial charge >= 0.3 is 11.9 Å². The molecule has 0 spiro atoms. The van der Waals surface area contributed by atoms with Crippen molar-refractivity contribution in [2.24, 2.45) is 0 Å². The first-order chi connectivity index (χ1) is 9.56. The van der Waals surface area contributed by atoms with E-state index in [1.165, 1.54) is 16.8 Å². The highest BCUT2D eigenvalue weighted by Gasteiger charge is 2.30. The Balaban J connectivity index is 2.14. The lowest BCUT2D eigenvalue weighted by molar-refractivity contribution is 0.0696. The second-order valence-electron chi connectivity index (χ2n) is 4.60. The fourth-order valence-corrected chi connectivity index (χ4v) is 1.95. The standard InChI is InChI=1S/C12H10N4O4/c17-11(18)7-3-8(12(19)20)5-9(4-7)16-10(6-1-2-6)13-14-15-16/h3-6H,1-2H2,(H,17,18)(H,19,20). The first-order valence-electron chi connectivity index (χ1n) is 5.96. The summed E-state index contributed by atoms with van der Waals surface area (Å²) in [5.74, 6) is -1.51. The van der Waals surface area contributed by atoms with Crippen LogP contribution in [0.25, 0.3) is 5.69 Å². The number of aromatic carboxylic acids is 2. The average molecular weight is 274 g/mol. The van der Waals surface area contributed by atoms with Gasteiger partial charge in [0, 0.05) is 5.92 Å². The SMILES string of the molecule is O=C(O)c1cc(C(=O)O)cc(-n2nnnc2C2CC2)c1. The molecular formula is C12H10N4O4. The predicted octanol–water partition coefficient (Wildman–Crippen LogP) is 0.936. The molecule has 0 atom stereocenters. The topological polar surface area (TPSA) is 118 Å². The molecule has 1 saturated carbocycles. The summed E-state index contributed by atoms with van der Waals surface area (Å²) in [5, 5.41) is 29.4. The number of aromatic nitrogens is 4. The van der Waals surface area contributed by atoms with E-state index < -0.39 is 11.9 Å². The van der Waals surface area contributed by atoms with Crippen molar-refractivity contribution in [1.82, 2.24) is 20.2 Å². The van der Waals surface area contributed by atoms with Crippen molar-refractivity contribution in [2.75, 3.05) is 0 Å². The van der Waals surface area contributed by atoms with Gasteiger partial charge in [-0.15, -0.1) is 5.10 Å². The molecule has 0 unspecified atom stereocenters. The maximum absolute atomic E-state index is 11.1. The minimum atomic E-state index is -1.20. The first kappa shape index (κ1) is 12.3. The van der Waals surface area contributed by atoms with Crippen molar-refractivity contribution < 1.29 is 19.8 Å². The molecule has 1 aromatic carbocycles. The summed E-state index contributed by atoms with van der Waals surface area (Å²) < 4.78 is 1.40. The Labute approximate surface area is 112 Å². The van der Waals surface area contributed by atoms with Crippen LogP contribution in [0.4, 0.5) is 0 Å². The van der Waals surface area contributed by atoms with E-state index in [-0.39, 0.29) is 17.0 Å². The lowest BCUT2D eigenvalue weighted by Crippen LogP contribution is -2.08. The van der Waals surface area contributed by atoms with Crippen LogP contribution in [-0.4, -0.2) is 42.4 Å². The molecule has 8 heteroatoms. The Morgan fingerprint density at radius 2 is 1.70 bits per heavy atom. The molecule has 1 fully saturated rings. The minimum Gasteiger partial charge on any atom is -0.478 e. The molecule has 0 radical (unpaired) electrons. The van der Waals surface area contributed by atoms with Crippen LogP contribution < -0.4 is 0 Å². The third-order valence-corrected chi connectivity index (χ3v) is 3.09. The quantitative estimate of drug-likeness (QED) is 0.851. The van der Waals surface area contributed by atoms with Crippen LogP contribution in [-0.2, 0) is 0 Å². The van der Waals surface area contributed by atoms with E-state index in [0.29, 0.717) is 11.5 Å². The van der Waals surface area contributed by atoms with Gasteiger partial charge in [0.15, 0.2) is 5.82 Å². The van der Waals surface area contributed by atoms with Crippen molar-refractivity contribution in [3.63, 3.8) is 0 Å². The molecule has 102 valence electrons. The summed E-state index contributed by atoms with van der Waals surface area (Å²) in [6.45, 7) is 0.